The highest BCUT2D eigenvalue weighted by Gasteiger charge is 2.73. The third kappa shape index (κ3) is 7.59. The van der Waals surface area contributed by atoms with Gasteiger partial charge in [-0.1, -0.05) is 36.4 Å². The van der Waals surface area contributed by atoms with E-state index in [-0.39, 0.29) is 28.9 Å². The monoisotopic (exact) mass is 621 g/mol. The third-order valence-corrected chi connectivity index (χ3v) is 5.68. The maximum Gasteiger partial charge on any atom is 0.460 e. The average Bonchev–Trinajstić information content (AvgIpc) is 2.87. The average molecular weight is 621 g/mol. The fourth-order valence-electron chi connectivity index (χ4n) is 3.65. The number of benzene rings is 3. The quantitative estimate of drug-likeness (QED) is 0.213. The predicted molar refractivity (Wildman–Crippen MR) is 123 cm³/mol. The summed E-state index contributed by atoms with van der Waals surface area (Å²) in [5.41, 5.74) is -2.32. The topological polar surface area (TPSA) is 50.7 Å². The molecule has 0 aliphatic heterocycles. The summed E-state index contributed by atoms with van der Waals surface area (Å²) in [7, 11) is 0. The van der Waals surface area contributed by atoms with Crippen LogP contribution in [0.3, 0.4) is 0 Å². The summed E-state index contributed by atoms with van der Waals surface area (Å²) in [4.78, 5) is 0. The van der Waals surface area contributed by atoms with Crippen LogP contribution in [0, 0.1) is 0 Å². The van der Waals surface area contributed by atoms with E-state index in [1.807, 2.05) is 0 Å². The molecule has 3 aromatic rings. The van der Waals surface area contributed by atoms with E-state index in [2.05, 4.69) is 10.1 Å². The second-order valence-corrected chi connectivity index (χ2v) is 8.70. The number of ether oxygens (including phenoxy) is 2. The summed E-state index contributed by atoms with van der Waals surface area (Å²) in [6, 6.07) is 10.5. The summed E-state index contributed by atoms with van der Waals surface area (Å²) >= 11 is 0. The molecule has 16 heteroatoms. The van der Waals surface area contributed by atoms with Crippen molar-refractivity contribution < 1.29 is 67.3 Å². The molecule has 0 fully saturated rings. The molecule has 3 aromatic carbocycles. The molecule has 2 atom stereocenters. The van der Waals surface area contributed by atoms with Gasteiger partial charge in [0.15, 0.2) is 6.10 Å². The van der Waals surface area contributed by atoms with Crippen LogP contribution in [0.25, 0.3) is 0 Å². The molecule has 4 nitrogen and oxygen atoms in total. The van der Waals surface area contributed by atoms with Gasteiger partial charge in [0, 0.05) is 18.2 Å². The number of rotatable bonds is 11. The van der Waals surface area contributed by atoms with Crippen molar-refractivity contribution in [3.05, 3.63) is 89.5 Å². The highest BCUT2D eigenvalue weighted by atomic mass is 19.4. The van der Waals surface area contributed by atoms with Crippen LogP contribution in [0.4, 0.5) is 52.7 Å². The van der Waals surface area contributed by atoms with E-state index < -0.39 is 60.6 Å². The van der Waals surface area contributed by atoms with Crippen molar-refractivity contribution in [2.24, 2.45) is 0 Å². The molecule has 0 saturated heterocycles. The highest BCUT2D eigenvalue weighted by molar-refractivity contribution is 5.42. The first kappa shape index (κ1) is 32.8. The fraction of sp³-hybridized carbons (Fsp3) is 0.308. The molecule has 230 valence electrons. The maximum absolute atomic E-state index is 14.4. The number of halogens is 12. The smallest absolute Gasteiger partial charge is 0.457 e. The number of alkyl halides is 12. The second kappa shape index (κ2) is 12.3. The van der Waals surface area contributed by atoms with E-state index in [1.54, 1.807) is 0 Å². The molecule has 0 saturated carbocycles. The molecule has 2 N–H and O–H groups in total. The van der Waals surface area contributed by atoms with Gasteiger partial charge in [0.1, 0.15) is 17.2 Å². The van der Waals surface area contributed by atoms with Crippen molar-refractivity contribution in [3.8, 4) is 17.2 Å². The van der Waals surface area contributed by atoms with Crippen LogP contribution in [0.15, 0.2) is 72.8 Å². The molecule has 2 unspecified atom stereocenters. The Balaban J connectivity index is 2.02. The van der Waals surface area contributed by atoms with E-state index >= 15 is 0 Å². The molecule has 0 aliphatic carbocycles. The molecular formula is C26H19F12NO3. The zero-order chi connectivity index (χ0) is 31.5. The Morgan fingerprint density at radius 1 is 0.690 bits per heavy atom. The molecular weight excluding hydrogens is 602 g/mol. The van der Waals surface area contributed by atoms with Crippen LogP contribution in [0.1, 0.15) is 22.7 Å². The summed E-state index contributed by atoms with van der Waals surface area (Å²) in [5.74, 6) is -12.7. The first-order chi connectivity index (χ1) is 19.3. The van der Waals surface area contributed by atoms with E-state index in [0.717, 1.165) is 18.2 Å². The van der Waals surface area contributed by atoms with Crippen molar-refractivity contribution in [3.63, 3.8) is 0 Å². The third-order valence-electron chi connectivity index (χ3n) is 5.68. The molecule has 0 aromatic heterocycles. The molecule has 0 amide bonds. The van der Waals surface area contributed by atoms with Crippen LogP contribution in [-0.2, 0) is 5.92 Å². The van der Waals surface area contributed by atoms with Crippen LogP contribution in [-0.4, -0.2) is 42.6 Å². The lowest BCUT2D eigenvalue weighted by molar-refractivity contribution is -0.359. The van der Waals surface area contributed by atoms with Gasteiger partial charge in [0.05, 0.1) is 6.04 Å². The molecule has 0 aliphatic rings. The summed E-state index contributed by atoms with van der Waals surface area (Å²) in [6.07, 6.45) is -14.7. The van der Waals surface area contributed by atoms with Crippen molar-refractivity contribution in [1.82, 2.24) is 5.32 Å². The van der Waals surface area contributed by atoms with Gasteiger partial charge in [0.2, 0.25) is 0 Å². The zero-order valence-electron chi connectivity index (χ0n) is 20.7. The highest BCUT2D eigenvalue weighted by Crippen LogP contribution is 2.52. The first-order valence-corrected chi connectivity index (χ1v) is 11.6. The Kier molecular flexibility index (Phi) is 9.61. The molecule has 0 heterocycles. The van der Waals surface area contributed by atoms with Gasteiger partial charge in [-0.15, -0.1) is 0 Å². The number of nitrogens with one attached hydrogen (secondary N) is 1. The molecule has 0 spiro atoms. The van der Waals surface area contributed by atoms with E-state index in [9.17, 15) is 57.8 Å². The minimum Gasteiger partial charge on any atom is -0.457 e. The Labute approximate surface area is 229 Å². The minimum absolute atomic E-state index is 0.0432. The second-order valence-electron chi connectivity index (χ2n) is 8.70. The van der Waals surface area contributed by atoms with Gasteiger partial charge in [0.25, 0.3) is 0 Å². The SMILES string of the molecule is OC(CNC(c1cccc(Oc2cccc(OC(F)F)c2)c1)c1cccc(C(F)(F)C(F)(F)C(F)(F)F)c1)C(F)(F)F. The Hall–Kier alpha value is -3.66. The summed E-state index contributed by atoms with van der Waals surface area (Å²) in [5, 5.41) is 11.7. The van der Waals surface area contributed by atoms with Crippen LogP contribution in [0.2, 0.25) is 0 Å². The minimum atomic E-state index is -6.63. The van der Waals surface area contributed by atoms with Gasteiger partial charge >= 0.3 is 30.8 Å². The van der Waals surface area contributed by atoms with Gasteiger partial charge in [-0.2, -0.15) is 52.7 Å². The van der Waals surface area contributed by atoms with Crippen molar-refractivity contribution in [2.75, 3.05) is 6.54 Å². The zero-order valence-corrected chi connectivity index (χ0v) is 20.7. The molecule has 0 bridgehead atoms. The predicted octanol–water partition coefficient (Wildman–Crippen LogP) is 7.97. The number of hydrogen-bond donors (Lipinski definition) is 2. The number of aliphatic hydroxyl groups is 1. The Bertz CT molecular complexity index is 1340. The van der Waals surface area contributed by atoms with Gasteiger partial charge < -0.3 is 19.9 Å². The van der Waals surface area contributed by atoms with Gasteiger partial charge in [-0.25, -0.2) is 0 Å². The lowest BCUT2D eigenvalue weighted by atomic mass is 9.93. The largest absolute Gasteiger partial charge is 0.460 e. The summed E-state index contributed by atoms with van der Waals surface area (Å²) in [6.45, 7) is -4.40. The Morgan fingerprint density at radius 3 is 1.79 bits per heavy atom. The van der Waals surface area contributed by atoms with Crippen molar-refractivity contribution in [2.45, 2.75) is 43.0 Å². The maximum atomic E-state index is 14.4. The van der Waals surface area contributed by atoms with Crippen LogP contribution < -0.4 is 14.8 Å². The number of hydrogen-bond acceptors (Lipinski definition) is 4. The molecule has 42 heavy (non-hydrogen) atoms. The van der Waals surface area contributed by atoms with E-state index in [0.29, 0.717) is 12.1 Å². The fourth-order valence-corrected chi connectivity index (χ4v) is 3.65. The standard InChI is InChI=1S/C26H19F12NO3/c27-22(28)42-19-9-3-8-18(12-19)41-17-7-2-5-15(11-17)21(39-13-20(40)24(31,32)33)14-4-1-6-16(10-14)23(29,30)25(34,35)26(36,37)38/h1-12,20-22,39-40H,13H2. The Morgan fingerprint density at radius 2 is 1.21 bits per heavy atom. The first-order valence-electron chi connectivity index (χ1n) is 11.6. The van der Waals surface area contributed by atoms with Crippen LogP contribution in [0.5, 0.6) is 17.2 Å². The summed E-state index contributed by atoms with van der Waals surface area (Å²) < 4.78 is 168. The lowest BCUT2D eigenvalue weighted by Crippen LogP contribution is -2.50. The molecule has 3 rings (SSSR count). The molecule has 0 radical (unpaired) electrons. The van der Waals surface area contributed by atoms with Gasteiger partial charge in [-0.3, -0.25) is 0 Å². The van der Waals surface area contributed by atoms with E-state index in [1.165, 1.54) is 36.4 Å². The lowest BCUT2D eigenvalue weighted by Gasteiger charge is -2.29. The van der Waals surface area contributed by atoms with Crippen LogP contribution >= 0.6 is 0 Å². The van der Waals surface area contributed by atoms with E-state index in [4.69, 9.17) is 4.74 Å². The number of aliphatic hydroxyl groups excluding tert-OH is 1. The van der Waals surface area contributed by atoms with Gasteiger partial charge in [-0.05, 0) is 41.5 Å². The van der Waals surface area contributed by atoms with Crippen molar-refractivity contribution in [1.29, 1.82) is 0 Å². The normalized spacial score (nSPS) is 14.5. The van der Waals surface area contributed by atoms with Crippen molar-refractivity contribution >= 4 is 0 Å².